The largest absolute Gasteiger partial charge is 0.127 e. The van der Waals surface area contributed by atoms with Crippen LogP contribution >= 0.6 is 34.8 Å². The lowest BCUT2D eigenvalue weighted by Crippen LogP contribution is -1.92. The Balaban J connectivity index is 3.10. The van der Waals surface area contributed by atoms with Gasteiger partial charge in [-0.1, -0.05) is 30.5 Å². The van der Waals surface area contributed by atoms with Gasteiger partial charge >= 0.3 is 0 Å². The smallest absolute Gasteiger partial charge is 0.0527 e. The first-order valence-corrected chi connectivity index (χ1v) is 5.19. The minimum atomic E-state index is 0.0859. The fourth-order valence-corrected chi connectivity index (χ4v) is 1.45. The van der Waals surface area contributed by atoms with Crippen molar-refractivity contribution in [2.75, 3.05) is 5.88 Å². The van der Waals surface area contributed by atoms with Gasteiger partial charge in [0.25, 0.3) is 0 Å². The van der Waals surface area contributed by atoms with Crippen molar-refractivity contribution in [1.82, 2.24) is 0 Å². The van der Waals surface area contributed by atoms with Crippen molar-refractivity contribution in [2.45, 2.75) is 31.1 Å². The number of halogens is 3. The molecule has 1 atom stereocenters. The molecule has 0 heterocycles. The third-order valence-electron chi connectivity index (χ3n) is 1.40. The Morgan fingerprint density at radius 3 is 2.45 bits per heavy atom. The molecule has 0 aromatic rings. The molecule has 0 amide bonds. The molecule has 66 valence electrons. The number of hydrogen-bond acceptors (Lipinski definition) is 0. The van der Waals surface area contributed by atoms with Crippen LogP contribution in [0.4, 0.5) is 0 Å². The minimum absolute atomic E-state index is 0.0859. The predicted molar refractivity (Wildman–Crippen MR) is 53.8 cm³/mol. The van der Waals surface area contributed by atoms with Crippen molar-refractivity contribution in [3.05, 3.63) is 11.6 Å². The summed E-state index contributed by atoms with van der Waals surface area (Å²) in [4.78, 5) is 0. The maximum atomic E-state index is 5.86. The average molecular weight is 216 g/mol. The van der Waals surface area contributed by atoms with Crippen LogP contribution in [0.15, 0.2) is 11.6 Å². The third kappa shape index (κ3) is 8.52. The Kier molecular flexibility index (Phi) is 9.19. The van der Waals surface area contributed by atoms with E-state index in [1.54, 1.807) is 6.08 Å². The van der Waals surface area contributed by atoms with E-state index in [4.69, 9.17) is 34.8 Å². The number of allylic oxidation sites excluding steroid dienone is 1. The quantitative estimate of drug-likeness (QED) is 0.461. The van der Waals surface area contributed by atoms with Gasteiger partial charge in [0.2, 0.25) is 0 Å². The Labute approximate surface area is 83.5 Å². The molecule has 0 N–H and O–H groups in total. The number of hydrogen-bond donors (Lipinski definition) is 0. The van der Waals surface area contributed by atoms with Crippen LogP contribution in [0.5, 0.6) is 0 Å². The van der Waals surface area contributed by atoms with Crippen LogP contribution in [-0.4, -0.2) is 11.3 Å². The van der Waals surface area contributed by atoms with Gasteiger partial charge in [0.1, 0.15) is 0 Å². The van der Waals surface area contributed by atoms with E-state index in [0.717, 1.165) is 31.6 Å². The summed E-state index contributed by atoms with van der Waals surface area (Å²) in [6.07, 6.45) is 6.15. The van der Waals surface area contributed by atoms with E-state index < -0.39 is 0 Å². The molecule has 0 spiro atoms. The standard InChI is InChI=1S/C8H13Cl3/c9-6-3-1-2-4-8(11)5-7-10/h5,7-8H,1-4,6H2. The Morgan fingerprint density at radius 1 is 1.18 bits per heavy atom. The SMILES string of the molecule is ClC=CC(Cl)CCCCCCl. The Hall–Kier alpha value is 0.610. The average Bonchev–Trinajstić information content (AvgIpc) is 1.99. The fraction of sp³-hybridized carbons (Fsp3) is 0.750. The van der Waals surface area contributed by atoms with Crippen LogP contribution in [-0.2, 0) is 0 Å². The van der Waals surface area contributed by atoms with Crippen molar-refractivity contribution in [3.8, 4) is 0 Å². The molecule has 0 saturated heterocycles. The van der Waals surface area contributed by atoms with E-state index in [9.17, 15) is 0 Å². The fourth-order valence-electron chi connectivity index (χ4n) is 0.786. The van der Waals surface area contributed by atoms with E-state index in [-0.39, 0.29) is 5.38 Å². The molecule has 0 aromatic carbocycles. The summed E-state index contributed by atoms with van der Waals surface area (Å²) in [6, 6.07) is 0. The van der Waals surface area contributed by atoms with Gasteiger partial charge in [-0.3, -0.25) is 0 Å². The van der Waals surface area contributed by atoms with E-state index >= 15 is 0 Å². The molecule has 0 aliphatic carbocycles. The van der Waals surface area contributed by atoms with Crippen LogP contribution < -0.4 is 0 Å². The second-order valence-electron chi connectivity index (χ2n) is 2.37. The summed E-state index contributed by atoms with van der Waals surface area (Å²) < 4.78 is 0. The van der Waals surface area contributed by atoms with E-state index in [1.807, 2.05) is 0 Å². The molecule has 0 nitrogen and oxygen atoms in total. The van der Waals surface area contributed by atoms with Crippen molar-refractivity contribution in [3.63, 3.8) is 0 Å². The molecular weight excluding hydrogens is 202 g/mol. The molecule has 0 aliphatic heterocycles. The van der Waals surface area contributed by atoms with Crippen LogP contribution in [0.25, 0.3) is 0 Å². The van der Waals surface area contributed by atoms with Gasteiger partial charge in [-0.2, -0.15) is 0 Å². The molecule has 0 rings (SSSR count). The lowest BCUT2D eigenvalue weighted by molar-refractivity contribution is 0.680. The Morgan fingerprint density at radius 2 is 1.91 bits per heavy atom. The van der Waals surface area contributed by atoms with Crippen molar-refractivity contribution in [2.24, 2.45) is 0 Å². The van der Waals surface area contributed by atoms with E-state index in [1.165, 1.54) is 5.54 Å². The van der Waals surface area contributed by atoms with Gasteiger partial charge in [0.15, 0.2) is 0 Å². The highest BCUT2D eigenvalue weighted by atomic mass is 35.5. The van der Waals surface area contributed by atoms with Gasteiger partial charge in [-0.25, -0.2) is 0 Å². The summed E-state index contributed by atoms with van der Waals surface area (Å²) in [5.74, 6) is 0.748. The van der Waals surface area contributed by atoms with E-state index in [0.29, 0.717) is 0 Å². The zero-order valence-electron chi connectivity index (χ0n) is 6.40. The third-order valence-corrected chi connectivity index (χ3v) is 2.17. The summed E-state index contributed by atoms with van der Waals surface area (Å²) in [5.41, 5.74) is 1.47. The van der Waals surface area contributed by atoms with Gasteiger partial charge in [-0.15, -0.1) is 23.2 Å². The lowest BCUT2D eigenvalue weighted by atomic mass is 10.1. The molecular formula is C8H13Cl3. The van der Waals surface area contributed by atoms with Crippen LogP contribution in [0.1, 0.15) is 25.7 Å². The van der Waals surface area contributed by atoms with Gasteiger partial charge in [-0.05, 0) is 12.8 Å². The maximum Gasteiger partial charge on any atom is 0.0527 e. The first-order valence-electron chi connectivity index (χ1n) is 3.78. The van der Waals surface area contributed by atoms with Gasteiger partial charge in [0, 0.05) is 11.4 Å². The zero-order chi connectivity index (χ0) is 8.53. The molecule has 0 bridgehead atoms. The second-order valence-corrected chi connectivity index (χ2v) is 3.56. The van der Waals surface area contributed by atoms with Crippen LogP contribution in [0.2, 0.25) is 0 Å². The summed E-state index contributed by atoms with van der Waals surface area (Å²) >= 11 is 16.7. The van der Waals surface area contributed by atoms with Gasteiger partial charge < -0.3 is 0 Å². The first-order chi connectivity index (χ1) is 5.31. The van der Waals surface area contributed by atoms with Crippen LogP contribution in [0, 0.1) is 0 Å². The molecule has 0 aliphatic rings. The topological polar surface area (TPSA) is 0 Å². The molecule has 0 radical (unpaired) electrons. The molecule has 0 aromatic heterocycles. The summed E-state index contributed by atoms with van der Waals surface area (Å²) in [7, 11) is 0. The molecule has 0 saturated carbocycles. The minimum Gasteiger partial charge on any atom is -0.127 e. The molecule has 0 fully saturated rings. The maximum absolute atomic E-state index is 5.86. The zero-order valence-corrected chi connectivity index (χ0v) is 8.67. The molecule has 3 heteroatoms. The number of alkyl halides is 2. The second kappa shape index (κ2) is 8.70. The summed E-state index contributed by atoms with van der Waals surface area (Å²) in [5, 5.41) is 0.0859. The monoisotopic (exact) mass is 214 g/mol. The predicted octanol–water partition coefficient (Wildman–Crippen LogP) is 4.15. The highest BCUT2D eigenvalue weighted by Crippen LogP contribution is 2.10. The molecule has 1 unspecified atom stereocenters. The van der Waals surface area contributed by atoms with Crippen molar-refractivity contribution < 1.29 is 0 Å². The number of unbranched alkanes of at least 4 members (excludes halogenated alkanes) is 2. The van der Waals surface area contributed by atoms with Crippen molar-refractivity contribution >= 4 is 34.8 Å². The van der Waals surface area contributed by atoms with Crippen molar-refractivity contribution in [1.29, 1.82) is 0 Å². The number of rotatable bonds is 6. The van der Waals surface area contributed by atoms with Gasteiger partial charge in [0.05, 0.1) is 5.38 Å². The highest BCUT2D eigenvalue weighted by Gasteiger charge is 1.97. The summed E-state index contributed by atoms with van der Waals surface area (Å²) in [6.45, 7) is 0. The van der Waals surface area contributed by atoms with Crippen LogP contribution in [0.3, 0.4) is 0 Å². The Bertz CT molecular complexity index is 102. The normalized spacial score (nSPS) is 14.1. The first kappa shape index (κ1) is 11.6. The molecule has 11 heavy (non-hydrogen) atoms. The highest BCUT2D eigenvalue weighted by molar-refractivity contribution is 6.27. The lowest BCUT2D eigenvalue weighted by Gasteiger charge is -2.01. The van der Waals surface area contributed by atoms with E-state index in [2.05, 4.69) is 0 Å².